The standard InChI is InChI=1S/C30H43F3N2O3/c1-6-9-11-25(8-3)27-16-14-24(19-28(27)30(31,32)33)21-38-35-23(5)26(12-10-7-2)15-13-22(4)20-34-18-17-29(36)37/h10,12-16,19,25,34H,6-9,11,17-18,20-21H2,1-5H3,(H,36,37)/b12-10+,22-13+,26-15+,35-23+. The number of aliphatic carboxylic acids is 1. The smallest absolute Gasteiger partial charge is 0.416 e. The Morgan fingerprint density at radius 1 is 1.18 bits per heavy atom. The van der Waals surface area contributed by atoms with Crippen LogP contribution in [0.3, 0.4) is 0 Å². The molecule has 0 aromatic heterocycles. The molecule has 8 heteroatoms. The van der Waals surface area contributed by atoms with E-state index in [2.05, 4.69) is 10.5 Å². The van der Waals surface area contributed by atoms with Gasteiger partial charge in [-0.2, -0.15) is 13.2 Å². The second-order valence-electron chi connectivity index (χ2n) is 9.38. The van der Waals surface area contributed by atoms with Gasteiger partial charge in [0.05, 0.1) is 17.7 Å². The zero-order valence-electron chi connectivity index (χ0n) is 23.3. The van der Waals surface area contributed by atoms with Crippen LogP contribution in [0, 0.1) is 0 Å². The predicted octanol–water partition coefficient (Wildman–Crippen LogP) is 8.18. The molecule has 0 amide bonds. The number of hydrogen-bond acceptors (Lipinski definition) is 4. The molecule has 2 N–H and O–H groups in total. The number of rotatable bonds is 17. The summed E-state index contributed by atoms with van der Waals surface area (Å²) in [6, 6.07) is 4.47. The van der Waals surface area contributed by atoms with E-state index < -0.39 is 17.7 Å². The van der Waals surface area contributed by atoms with Crippen molar-refractivity contribution in [3.05, 3.63) is 70.3 Å². The highest BCUT2D eigenvalue weighted by Gasteiger charge is 2.35. The Kier molecular flexibility index (Phi) is 15.4. The molecule has 0 radical (unpaired) electrons. The molecule has 0 saturated carbocycles. The molecule has 1 aromatic rings. The number of nitrogens with one attached hydrogen (secondary N) is 1. The van der Waals surface area contributed by atoms with Gasteiger partial charge in [-0.25, -0.2) is 0 Å². The molecule has 0 fully saturated rings. The first-order valence-electron chi connectivity index (χ1n) is 13.4. The summed E-state index contributed by atoms with van der Waals surface area (Å²) < 4.78 is 41.7. The van der Waals surface area contributed by atoms with Crippen molar-refractivity contribution in [2.75, 3.05) is 13.1 Å². The molecule has 5 nitrogen and oxygen atoms in total. The lowest BCUT2D eigenvalue weighted by Gasteiger charge is -2.21. The zero-order chi connectivity index (χ0) is 28.6. The van der Waals surface area contributed by atoms with Gasteiger partial charge in [-0.3, -0.25) is 4.79 Å². The summed E-state index contributed by atoms with van der Waals surface area (Å²) in [5.41, 5.74) is 2.59. The topological polar surface area (TPSA) is 70.9 Å². The van der Waals surface area contributed by atoms with E-state index in [-0.39, 0.29) is 18.9 Å². The Bertz CT molecular complexity index is 995. The van der Waals surface area contributed by atoms with Gasteiger partial charge in [-0.05, 0) is 61.8 Å². The summed E-state index contributed by atoms with van der Waals surface area (Å²) in [7, 11) is 0. The van der Waals surface area contributed by atoms with Crippen molar-refractivity contribution >= 4 is 11.7 Å². The van der Waals surface area contributed by atoms with Crippen LogP contribution in [0.25, 0.3) is 0 Å². The van der Waals surface area contributed by atoms with E-state index in [1.54, 1.807) is 19.1 Å². The summed E-state index contributed by atoms with van der Waals surface area (Å²) >= 11 is 0. The van der Waals surface area contributed by atoms with Gasteiger partial charge in [0.1, 0.15) is 6.61 Å². The third kappa shape index (κ3) is 12.6. The van der Waals surface area contributed by atoms with E-state index in [4.69, 9.17) is 9.94 Å². The summed E-state index contributed by atoms with van der Waals surface area (Å²) in [5, 5.41) is 15.9. The fourth-order valence-electron chi connectivity index (χ4n) is 3.89. The van der Waals surface area contributed by atoms with Crippen molar-refractivity contribution < 1.29 is 27.9 Å². The largest absolute Gasteiger partial charge is 0.481 e. The molecule has 1 atom stereocenters. The number of nitrogens with zero attached hydrogens (tertiary/aromatic N) is 1. The molecule has 0 aliphatic heterocycles. The number of carbonyl (C=O) groups is 1. The van der Waals surface area contributed by atoms with Crippen molar-refractivity contribution in [1.82, 2.24) is 5.32 Å². The van der Waals surface area contributed by atoms with Crippen molar-refractivity contribution in [1.29, 1.82) is 0 Å². The SMILES string of the molecule is CC/C=C/C(=C\C=C(/C)CNCCC(=O)O)C(/C)=N/OCc1ccc(C(CC)CCCC)c(C(F)(F)F)c1. The van der Waals surface area contributed by atoms with Gasteiger partial charge in [-0.15, -0.1) is 0 Å². The Labute approximate surface area is 225 Å². The van der Waals surface area contributed by atoms with Gasteiger partial charge in [-0.1, -0.05) is 80.8 Å². The lowest BCUT2D eigenvalue weighted by molar-refractivity contribution is -0.138. The van der Waals surface area contributed by atoms with Gasteiger partial charge in [0.2, 0.25) is 0 Å². The maximum absolute atomic E-state index is 13.9. The average Bonchev–Trinajstić information content (AvgIpc) is 2.86. The minimum Gasteiger partial charge on any atom is -0.481 e. The first-order chi connectivity index (χ1) is 18.0. The molecule has 1 unspecified atom stereocenters. The van der Waals surface area contributed by atoms with Crippen LogP contribution >= 0.6 is 0 Å². The second-order valence-corrected chi connectivity index (χ2v) is 9.38. The van der Waals surface area contributed by atoms with E-state index in [1.807, 2.05) is 52.0 Å². The van der Waals surface area contributed by atoms with Crippen LogP contribution in [0.2, 0.25) is 0 Å². The number of benzene rings is 1. The van der Waals surface area contributed by atoms with Gasteiger partial charge in [0, 0.05) is 13.1 Å². The highest BCUT2D eigenvalue weighted by molar-refractivity contribution is 6.00. The molecule has 1 rings (SSSR count). The second kappa shape index (κ2) is 17.6. The summed E-state index contributed by atoms with van der Waals surface area (Å²) in [4.78, 5) is 16.1. The van der Waals surface area contributed by atoms with Crippen molar-refractivity contribution in [2.45, 2.75) is 91.8 Å². The molecule has 212 valence electrons. The fraction of sp³-hybridized carbons (Fsp3) is 0.533. The Hall–Kier alpha value is -2.87. The Morgan fingerprint density at radius 2 is 1.92 bits per heavy atom. The zero-order valence-corrected chi connectivity index (χ0v) is 23.3. The molecule has 0 spiro atoms. The molecule has 0 saturated heterocycles. The third-order valence-corrected chi connectivity index (χ3v) is 6.11. The number of alkyl halides is 3. The van der Waals surface area contributed by atoms with Crippen LogP contribution < -0.4 is 5.32 Å². The molecule has 0 aliphatic carbocycles. The van der Waals surface area contributed by atoms with Gasteiger partial charge in [0.15, 0.2) is 0 Å². The van der Waals surface area contributed by atoms with E-state index in [0.717, 1.165) is 36.8 Å². The van der Waals surface area contributed by atoms with Crippen molar-refractivity contribution in [3.63, 3.8) is 0 Å². The van der Waals surface area contributed by atoms with E-state index >= 15 is 0 Å². The van der Waals surface area contributed by atoms with Crippen LogP contribution in [-0.2, 0) is 22.4 Å². The number of halogens is 3. The number of carboxylic acids is 1. The molecule has 0 heterocycles. The van der Waals surface area contributed by atoms with Crippen LogP contribution in [-0.4, -0.2) is 29.9 Å². The summed E-state index contributed by atoms with van der Waals surface area (Å²) in [6.45, 7) is 10.6. The minimum atomic E-state index is -4.43. The maximum atomic E-state index is 13.9. The highest BCUT2D eigenvalue weighted by atomic mass is 19.4. The van der Waals surface area contributed by atoms with Gasteiger partial charge >= 0.3 is 12.1 Å². The van der Waals surface area contributed by atoms with Crippen LogP contribution in [0.1, 0.15) is 95.8 Å². The first kappa shape index (κ1) is 33.2. The van der Waals surface area contributed by atoms with Crippen molar-refractivity contribution in [2.24, 2.45) is 5.16 Å². The van der Waals surface area contributed by atoms with Gasteiger partial charge < -0.3 is 15.3 Å². The molecule has 1 aromatic carbocycles. The maximum Gasteiger partial charge on any atom is 0.416 e. The average molecular weight is 537 g/mol. The molecule has 38 heavy (non-hydrogen) atoms. The Morgan fingerprint density at radius 3 is 2.53 bits per heavy atom. The molecular formula is C30H43F3N2O3. The predicted molar refractivity (Wildman–Crippen MR) is 148 cm³/mol. The molecular weight excluding hydrogens is 493 g/mol. The number of oxime groups is 1. The first-order valence-corrected chi connectivity index (χ1v) is 13.4. The van der Waals surface area contributed by atoms with Gasteiger partial charge in [0.25, 0.3) is 0 Å². The Balaban J connectivity index is 3.00. The fourth-order valence-corrected chi connectivity index (χ4v) is 3.89. The molecule has 0 bridgehead atoms. The normalized spacial score (nSPS) is 14.3. The van der Waals surface area contributed by atoms with E-state index in [1.165, 1.54) is 6.07 Å². The lowest BCUT2D eigenvalue weighted by atomic mass is 9.87. The van der Waals surface area contributed by atoms with Crippen LogP contribution in [0.4, 0.5) is 13.2 Å². The van der Waals surface area contributed by atoms with E-state index in [9.17, 15) is 18.0 Å². The lowest BCUT2D eigenvalue weighted by Crippen LogP contribution is -2.19. The van der Waals surface area contributed by atoms with Crippen LogP contribution in [0.15, 0.2) is 58.8 Å². The van der Waals surface area contributed by atoms with Crippen LogP contribution in [0.5, 0.6) is 0 Å². The minimum absolute atomic E-state index is 0.0575. The summed E-state index contributed by atoms with van der Waals surface area (Å²) in [6.07, 6.45) is 7.40. The number of carboxylic acid groups (broad SMARTS) is 1. The number of allylic oxidation sites excluding steroid dienone is 5. The highest BCUT2D eigenvalue weighted by Crippen LogP contribution is 2.38. The number of hydrogen-bond donors (Lipinski definition) is 2. The number of unbranched alkanes of at least 4 members (excludes halogenated alkanes) is 1. The third-order valence-electron chi connectivity index (χ3n) is 6.11. The molecule has 0 aliphatic rings. The van der Waals surface area contributed by atoms with Crippen molar-refractivity contribution in [3.8, 4) is 0 Å². The van der Waals surface area contributed by atoms with E-state index in [0.29, 0.717) is 36.3 Å². The monoisotopic (exact) mass is 536 g/mol. The summed E-state index contributed by atoms with van der Waals surface area (Å²) in [5.74, 6) is -0.968. The quantitative estimate of drug-likeness (QED) is 0.0911.